The van der Waals surface area contributed by atoms with Crippen LogP contribution < -0.4 is 0 Å². The van der Waals surface area contributed by atoms with Crippen molar-refractivity contribution < 1.29 is 40.9 Å². The van der Waals surface area contributed by atoms with Gasteiger partial charge in [0, 0.05) is 10.9 Å². The van der Waals surface area contributed by atoms with Gasteiger partial charge in [-0.15, -0.1) is 0 Å². The fourth-order valence-electron chi connectivity index (χ4n) is 2.17. The van der Waals surface area contributed by atoms with Crippen LogP contribution in [0.15, 0.2) is 0 Å². The van der Waals surface area contributed by atoms with Crippen molar-refractivity contribution in [2.45, 2.75) is 41.9 Å². The number of aliphatic hydroxyl groups is 8. The fraction of sp³-hybridized carbons (Fsp3) is 1.00. The van der Waals surface area contributed by atoms with Crippen LogP contribution in [-0.4, -0.2) is 107 Å². The Kier molecular flexibility index (Phi) is 7.12. The van der Waals surface area contributed by atoms with E-state index in [0.29, 0.717) is 0 Å². The Morgan fingerprint density at radius 1 is 0.950 bits per heavy atom. The topological polar surface area (TPSA) is 162 Å². The molecule has 1 rings (SSSR count). The zero-order valence-electron chi connectivity index (χ0n) is 10.9. The standard InChI is InChI=1S/C11H23O8S/c12-1-5(14)10(18)11(19)7(16)4-20-3-6(15)9(17)8(20)2-13/h5-19H,1-4H2/q+1/t5-,6+,7+,8+,9-,10+,11+,20?/m0/s1. The zero-order chi connectivity index (χ0) is 15.4. The van der Waals surface area contributed by atoms with Gasteiger partial charge in [-0.2, -0.15) is 0 Å². The van der Waals surface area contributed by atoms with Crippen LogP contribution in [0.1, 0.15) is 0 Å². The van der Waals surface area contributed by atoms with Crippen molar-refractivity contribution in [3.05, 3.63) is 0 Å². The number of hydrogen-bond acceptors (Lipinski definition) is 8. The van der Waals surface area contributed by atoms with Crippen molar-refractivity contribution in [2.75, 3.05) is 24.7 Å². The largest absolute Gasteiger partial charge is 0.394 e. The Bertz CT molecular complexity index is 294. The Morgan fingerprint density at radius 2 is 1.50 bits per heavy atom. The maximum Gasteiger partial charge on any atom is 0.169 e. The molecular formula is C11H23O8S+. The van der Waals surface area contributed by atoms with Crippen LogP contribution in [0.2, 0.25) is 0 Å². The summed E-state index contributed by atoms with van der Waals surface area (Å²) in [4.78, 5) is 0. The summed E-state index contributed by atoms with van der Waals surface area (Å²) in [5, 5.41) is 74.7. The highest BCUT2D eigenvalue weighted by molar-refractivity contribution is 7.97. The van der Waals surface area contributed by atoms with Gasteiger partial charge in [0.15, 0.2) is 5.25 Å². The predicted octanol–water partition coefficient (Wildman–Crippen LogP) is -4.86. The van der Waals surface area contributed by atoms with Crippen LogP contribution in [0, 0.1) is 0 Å². The molecule has 8 nitrogen and oxygen atoms in total. The van der Waals surface area contributed by atoms with E-state index in [2.05, 4.69) is 0 Å². The van der Waals surface area contributed by atoms with Gasteiger partial charge < -0.3 is 40.9 Å². The van der Waals surface area contributed by atoms with E-state index in [-0.39, 0.29) is 18.1 Å². The van der Waals surface area contributed by atoms with Gasteiger partial charge in [0.1, 0.15) is 48.1 Å². The molecule has 120 valence electrons. The van der Waals surface area contributed by atoms with Gasteiger partial charge in [0.05, 0.1) is 13.2 Å². The van der Waals surface area contributed by atoms with Crippen molar-refractivity contribution in [1.82, 2.24) is 0 Å². The van der Waals surface area contributed by atoms with Gasteiger partial charge in [0.2, 0.25) is 0 Å². The lowest BCUT2D eigenvalue weighted by Gasteiger charge is -2.25. The molecule has 1 fully saturated rings. The summed E-state index contributed by atoms with van der Waals surface area (Å²) in [6.45, 7) is -1.11. The Balaban J connectivity index is 2.59. The smallest absolute Gasteiger partial charge is 0.169 e. The molecule has 1 unspecified atom stereocenters. The second kappa shape index (κ2) is 7.87. The van der Waals surface area contributed by atoms with E-state index < -0.39 is 59.4 Å². The van der Waals surface area contributed by atoms with Crippen molar-refractivity contribution in [1.29, 1.82) is 0 Å². The maximum absolute atomic E-state index is 9.84. The van der Waals surface area contributed by atoms with Crippen molar-refractivity contribution in [2.24, 2.45) is 0 Å². The monoisotopic (exact) mass is 315 g/mol. The molecule has 1 aliphatic heterocycles. The molecule has 0 aromatic heterocycles. The molecule has 1 aliphatic rings. The van der Waals surface area contributed by atoms with Gasteiger partial charge >= 0.3 is 0 Å². The second-order valence-corrected chi connectivity index (χ2v) is 7.30. The minimum atomic E-state index is -1.70. The molecule has 1 saturated heterocycles. The minimum Gasteiger partial charge on any atom is -0.394 e. The molecule has 0 radical (unpaired) electrons. The normalized spacial score (nSPS) is 36.6. The zero-order valence-corrected chi connectivity index (χ0v) is 11.7. The van der Waals surface area contributed by atoms with E-state index in [0.717, 1.165) is 0 Å². The lowest BCUT2D eigenvalue weighted by Crippen LogP contribution is -2.49. The van der Waals surface area contributed by atoms with Crippen LogP contribution in [0.3, 0.4) is 0 Å². The summed E-state index contributed by atoms with van der Waals surface area (Å²) >= 11 is 0. The summed E-state index contributed by atoms with van der Waals surface area (Å²) in [6.07, 6.45) is -8.42. The number of rotatable bonds is 7. The predicted molar refractivity (Wildman–Crippen MR) is 71.1 cm³/mol. The van der Waals surface area contributed by atoms with Crippen LogP contribution >= 0.6 is 0 Å². The summed E-state index contributed by atoms with van der Waals surface area (Å²) in [7, 11) is -0.723. The first kappa shape index (κ1) is 18.1. The Hall–Kier alpha value is 0.0300. The Labute approximate surface area is 119 Å². The lowest BCUT2D eigenvalue weighted by molar-refractivity contribution is -0.109. The maximum atomic E-state index is 9.84. The van der Waals surface area contributed by atoms with E-state index in [1.807, 2.05) is 0 Å². The summed E-state index contributed by atoms with van der Waals surface area (Å²) < 4.78 is 0. The molecule has 0 aromatic carbocycles. The first-order valence-corrected chi connectivity index (χ1v) is 7.92. The molecule has 0 spiro atoms. The SMILES string of the molecule is OC[C@@H]1[C@@H](O)[C@H](O)C[S+]1C[C@@H](O)[C@@H](O)[C@H](O)[C@@H](O)CO. The molecule has 0 saturated carbocycles. The number of aliphatic hydroxyl groups excluding tert-OH is 8. The average molecular weight is 315 g/mol. The van der Waals surface area contributed by atoms with E-state index in [9.17, 15) is 35.7 Å². The van der Waals surface area contributed by atoms with Gasteiger partial charge in [-0.1, -0.05) is 0 Å². The first-order chi connectivity index (χ1) is 9.33. The van der Waals surface area contributed by atoms with Crippen molar-refractivity contribution >= 4 is 10.9 Å². The molecule has 0 aromatic rings. The van der Waals surface area contributed by atoms with Gasteiger partial charge in [0.25, 0.3) is 0 Å². The highest BCUT2D eigenvalue weighted by Gasteiger charge is 2.50. The molecule has 20 heavy (non-hydrogen) atoms. The molecule has 0 bridgehead atoms. The molecule has 8 atom stereocenters. The second-order valence-electron chi connectivity index (χ2n) is 4.95. The highest BCUT2D eigenvalue weighted by Crippen LogP contribution is 2.25. The van der Waals surface area contributed by atoms with Crippen LogP contribution in [0.5, 0.6) is 0 Å². The average Bonchev–Trinajstić information content (AvgIpc) is 2.70. The molecular weight excluding hydrogens is 292 g/mol. The summed E-state index contributed by atoms with van der Waals surface area (Å²) in [6, 6.07) is 0. The van der Waals surface area contributed by atoms with E-state index >= 15 is 0 Å². The molecule has 1 heterocycles. The van der Waals surface area contributed by atoms with Crippen molar-refractivity contribution in [3.63, 3.8) is 0 Å². The quantitative estimate of drug-likeness (QED) is 0.217. The van der Waals surface area contributed by atoms with Gasteiger partial charge in [-0.25, -0.2) is 0 Å². The van der Waals surface area contributed by atoms with Crippen molar-refractivity contribution in [3.8, 4) is 0 Å². The van der Waals surface area contributed by atoms with Gasteiger partial charge in [-0.05, 0) is 0 Å². The minimum absolute atomic E-state index is 0.0320. The molecule has 8 N–H and O–H groups in total. The molecule has 0 amide bonds. The molecule has 0 aliphatic carbocycles. The third kappa shape index (κ3) is 4.03. The van der Waals surface area contributed by atoms with Crippen LogP contribution in [0.25, 0.3) is 0 Å². The highest BCUT2D eigenvalue weighted by atomic mass is 32.2. The summed E-state index contributed by atoms with van der Waals surface area (Å²) in [5.74, 6) is 0.157. The molecule has 9 heteroatoms. The lowest BCUT2D eigenvalue weighted by atomic mass is 10.0. The first-order valence-electron chi connectivity index (χ1n) is 6.29. The van der Waals surface area contributed by atoms with E-state index in [1.165, 1.54) is 0 Å². The van der Waals surface area contributed by atoms with Crippen LogP contribution in [0.4, 0.5) is 0 Å². The van der Waals surface area contributed by atoms with Crippen LogP contribution in [-0.2, 0) is 10.9 Å². The van der Waals surface area contributed by atoms with Gasteiger partial charge in [-0.3, -0.25) is 0 Å². The van der Waals surface area contributed by atoms with E-state index in [4.69, 9.17) is 5.11 Å². The third-order valence-electron chi connectivity index (χ3n) is 3.48. The number of hydrogen-bond donors (Lipinski definition) is 8. The third-order valence-corrected chi connectivity index (χ3v) is 6.30. The van der Waals surface area contributed by atoms with E-state index in [1.54, 1.807) is 0 Å². The Morgan fingerprint density at radius 3 is 2.00 bits per heavy atom. The summed E-state index contributed by atoms with van der Waals surface area (Å²) in [5.41, 5.74) is 0. The fourth-order valence-corrected chi connectivity index (χ4v) is 4.86.